The van der Waals surface area contributed by atoms with Crippen LogP contribution in [0.1, 0.15) is 5.56 Å². The average molecular weight is 322 g/mol. The van der Waals surface area contributed by atoms with Crippen LogP contribution in [-0.4, -0.2) is 26.7 Å². The fraction of sp³-hybridized carbons (Fsp3) is 0.200. The number of anilines is 1. The van der Waals surface area contributed by atoms with Crippen LogP contribution in [0.4, 0.5) is 19.0 Å². The number of benzene rings is 1. The van der Waals surface area contributed by atoms with Crippen LogP contribution in [0.25, 0.3) is 22.6 Å². The predicted octanol–water partition coefficient (Wildman–Crippen LogP) is 3.40. The van der Waals surface area contributed by atoms with E-state index in [2.05, 4.69) is 15.3 Å². The molecule has 1 aromatic carbocycles. The van der Waals surface area contributed by atoms with E-state index in [1.165, 1.54) is 6.07 Å². The number of alkyl halides is 3. The van der Waals surface area contributed by atoms with Gasteiger partial charge < -0.3 is 15.0 Å². The first-order valence-corrected chi connectivity index (χ1v) is 6.73. The highest BCUT2D eigenvalue weighted by atomic mass is 19.4. The number of nitrogens with one attached hydrogen (secondary N) is 1. The van der Waals surface area contributed by atoms with Crippen molar-refractivity contribution in [3.05, 3.63) is 35.9 Å². The zero-order valence-electron chi connectivity index (χ0n) is 12.3. The number of aromatic nitrogens is 3. The SMILES string of the molecule is CNc1ccc2c(n1)nc(-c1ccc(C(F)(F)F)cc1O)n2C. The Balaban J connectivity index is 2.15. The van der Waals surface area contributed by atoms with Crippen LogP contribution < -0.4 is 5.32 Å². The predicted molar refractivity (Wildman–Crippen MR) is 80.2 cm³/mol. The van der Waals surface area contributed by atoms with E-state index in [1.54, 1.807) is 30.8 Å². The fourth-order valence-corrected chi connectivity index (χ4v) is 2.35. The molecule has 0 spiro atoms. The van der Waals surface area contributed by atoms with Crippen LogP contribution in [0, 0.1) is 0 Å². The summed E-state index contributed by atoms with van der Waals surface area (Å²) >= 11 is 0. The molecular weight excluding hydrogens is 309 g/mol. The maximum atomic E-state index is 12.7. The van der Waals surface area contributed by atoms with Crippen molar-refractivity contribution in [1.29, 1.82) is 0 Å². The molecule has 2 heterocycles. The Labute approximate surface area is 129 Å². The molecule has 0 aliphatic carbocycles. The topological polar surface area (TPSA) is 63.0 Å². The van der Waals surface area contributed by atoms with E-state index in [1.807, 2.05) is 0 Å². The van der Waals surface area contributed by atoms with Gasteiger partial charge in [-0.15, -0.1) is 0 Å². The quantitative estimate of drug-likeness (QED) is 0.759. The average Bonchev–Trinajstić information content (AvgIpc) is 2.82. The fourth-order valence-electron chi connectivity index (χ4n) is 2.35. The lowest BCUT2D eigenvalue weighted by molar-refractivity contribution is -0.137. The smallest absolute Gasteiger partial charge is 0.416 e. The Morgan fingerprint density at radius 3 is 2.48 bits per heavy atom. The Bertz CT molecular complexity index is 886. The van der Waals surface area contributed by atoms with Crippen molar-refractivity contribution in [2.75, 3.05) is 12.4 Å². The summed E-state index contributed by atoms with van der Waals surface area (Å²) in [5.74, 6) is 0.484. The van der Waals surface area contributed by atoms with Gasteiger partial charge in [0.2, 0.25) is 0 Å². The molecule has 0 aliphatic rings. The van der Waals surface area contributed by atoms with Gasteiger partial charge in [0.15, 0.2) is 5.65 Å². The van der Waals surface area contributed by atoms with Gasteiger partial charge in [-0.2, -0.15) is 13.2 Å². The van der Waals surface area contributed by atoms with Crippen molar-refractivity contribution < 1.29 is 18.3 Å². The first-order valence-electron chi connectivity index (χ1n) is 6.73. The molecule has 2 aromatic heterocycles. The molecule has 0 atom stereocenters. The molecule has 0 radical (unpaired) electrons. The Morgan fingerprint density at radius 2 is 1.87 bits per heavy atom. The number of halogens is 3. The number of phenols is 1. The van der Waals surface area contributed by atoms with Crippen molar-refractivity contribution in [3.8, 4) is 17.1 Å². The zero-order chi connectivity index (χ0) is 16.8. The number of rotatable bonds is 2. The summed E-state index contributed by atoms with van der Waals surface area (Å²) in [5.41, 5.74) is 0.449. The van der Waals surface area contributed by atoms with Crippen LogP contribution in [0.15, 0.2) is 30.3 Å². The molecule has 5 nitrogen and oxygen atoms in total. The number of aromatic hydroxyl groups is 1. The van der Waals surface area contributed by atoms with Gasteiger partial charge in [-0.05, 0) is 30.3 Å². The second kappa shape index (κ2) is 5.15. The standard InChI is InChI=1S/C15H13F3N4O/c1-19-12-6-5-10-13(20-12)21-14(22(10)2)9-4-3-8(7-11(9)23)15(16,17)18/h3-7,23H,1-2H3,(H,19,20). The number of pyridine rings is 1. The largest absolute Gasteiger partial charge is 0.507 e. The number of hydrogen-bond donors (Lipinski definition) is 2. The zero-order valence-corrected chi connectivity index (χ0v) is 12.3. The molecule has 120 valence electrons. The van der Waals surface area contributed by atoms with Gasteiger partial charge in [-0.3, -0.25) is 0 Å². The van der Waals surface area contributed by atoms with Crippen molar-refractivity contribution in [2.24, 2.45) is 7.05 Å². The van der Waals surface area contributed by atoms with Gasteiger partial charge >= 0.3 is 6.18 Å². The van der Waals surface area contributed by atoms with E-state index in [-0.39, 0.29) is 5.56 Å². The molecule has 23 heavy (non-hydrogen) atoms. The molecule has 0 fully saturated rings. The van der Waals surface area contributed by atoms with E-state index < -0.39 is 17.5 Å². The van der Waals surface area contributed by atoms with Gasteiger partial charge in [-0.25, -0.2) is 9.97 Å². The van der Waals surface area contributed by atoms with Gasteiger partial charge in [0, 0.05) is 14.1 Å². The van der Waals surface area contributed by atoms with E-state index in [0.29, 0.717) is 28.9 Å². The number of nitrogens with zero attached hydrogens (tertiary/aromatic N) is 3. The van der Waals surface area contributed by atoms with E-state index in [4.69, 9.17) is 0 Å². The summed E-state index contributed by atoms with van der Waals surface area (Å²) in [6, 6.07) is 6.38. The number of imidazole rings is 1. The molecule has 0 bridgehead atoms. The van der Waals surface area contributed by atoms with E-state index >= 15 is 0 Å². The minimum atomic E-state index is -4.51. The van der Waals surface area contributed by atoms with Gasteiger partial charge in [0.1, 0.15) is 17.4 Å². The number of aryl methyl sites for hydroxylation is 1. The van der Waals surface area contributed by atoms with Crippen LogP contribution in [0.2, 0.25) is 0 Å². The van der Waals surface area contributed by atoms with Crippen LogP contribution in [0.5, 0.6) is 5.75 Å². The van der Waals surface area contributed by atoms with Crippen molar-refractivity contribution in [1.82, 2.24) is 14.5 Å². The number of hydrogen-bond acceptors (Lipinski definition) is 4. The third kappa shape index (κ3) is 2.56. The lowest BCUT2D eigenvalue weighted by atomic mass is 10.1. The highest BCUT2D eigenvalue weighted by Crippen LogP contribution is 2.36. The third-order valence-corrected chi connectivity index (χ3v) is 3.57. The molecule has 8 heteroatoms. The summed E-state index contributed by atoms with van der Waals surface area (Å²) in [4.78, 5) is 8.60. The van der Waals surface area contributed by atoms with Crippen LogP contribution >= 0.6 is 0 Å². The van der Waals surface area contributed by atoms with Crippen molar-refractivity contribution >= 4 is 17.0 Å². The molecule has 0 saturated carbocycles. The monoisotopic (exact) mass is 322 g/mol. The second-order valence-electron chi connectivity index (χ2n) is 5.01. The molecule has 0 aliphatic heterocycles. The minimum Gasteiger partial charge on any atom is -0.507 e. The summed E-state index contributed by atoms with van der Waals surface area (Å²) in [7, 11) is 3.43. The molecule has 0 unspecified atom stereocenters. The maximum Gasteiger partial charge on any atom is 0.416 e. The molecule has 2 N–H and O–H groups in total. The lowest BCUT2D eigenvalue weighted by Gasteiger charge is -2.10. The minimum absolute atomic E-state index is 0.213. The second-order valence-corrected chi connectivity index (χ2v) is 5.01. The van der Waals surface area contributed by atoms with Crippen molar-refractivity contribution in [2.45, 2.75) is 6.18 Å². The molecule has 0 amide bonds. The molecular formula is C15H13F3N4O. The summed E-state index contributed by atoms with van der Waals surface area (Å²) in [6.07, 6.45) is -4.51. The Hall–Kier alpha value is -2.77. The highest BCUT2D eigenvalue weighted by molar-refractivity contribution is 5.80. The number of phenolic OH excluding ortho intramolecular Hbond substituents is 1. The molecule has 0 saturated heterocycles. The van der Waals surface area contributed by atoms with Gasteiger partial charge in [0.05, 0.1) is 16.6 Å². The van der Waals surface area contributed by atoms with E-state index in [0.717, 1.165) is 6.07 Å². The molecule has 3 aromatic rings. The van der Waals surface area contributed by atoms with E-state index in [9.17, 15) is 18.3 Å². The van der Waals surface area contributed by atoms with Crippen molar-refractivity contribution in [3.63, 3.8) is 0 Å². The highest BCUT2D eigenvalue weighted by Gasteiger charge is 2.31. The Kier molecular flexibility index (Phi) is 3.39. The van der Waals surface area contributed by atoms with Crippen LogP contribution in [-0.2, 0) is 13.2 Å². The summed E-state index contributed by atoms with van der Waals surface area (Å²) in [6.45, 7) is 0. The maximum absolute atomic E-state index is 12.7. The first kappa shape index (κ1) is 15.1. The van der Waals surface area contributed by atoms with Gasteiger partial charge in [-0.1, -0.05) is 0 Å². The Morgan fingerprint density at radius 1 is 1.13 bits per heavy atom. The summed E-state index contributed by atoms with van der Waals surface area (Å²) < 4.78 is 39.7. The first-order chi connectivity index (χ1) is 10.8. The lowest BCUT2D eigenvalue weighted by Crippen LogP contribution is -2.04. The third-order valence-electron chi connectivity index (χ3n) is 3.57. The summed E-state index contributed by atoms with van der Waals surface area (Å²) in [5, 5.41) is 12.9. The normalized spacial score (nSPS) is 11.9. The van der Waals surface area contributed by atoms with Crippen LogP contribution in [0.3, 0.4) is 0 Å². The van der Waals surface area contributed by atoms with Gasteiger partial charge in [0.25, 0.3) is 0 Å². The number of fused-ring (bicyclic) bond motifs is 1. The molecule has 3 rings (SSSR count).